The third kappa shape index (κ3) is 4.98. The van der Waals surface area contributed by atoms with Gasteiger partial charge in [-0.2, -0.15) is 5.10 Å². The van der Waals surface area contributed by atoms with Crippen LogP contribution in [-0.4, -0.2) is 22.4 Å². The van der Waals surface area contributed by atoms with Crippen molar-refractivity contribution in [2.24, 2.45) is 13.0 Å². The third-order valence-corrected chi connectivity index (χ3v) is 2.74. The Balaban J connectivity index is 0.000000151. The summed E-state index contributed by atoms with van der Waals surface area (Å²) in [4.78, 5) is 0. The lowest BCUT2D eigenvalue weighted by molar-refractivity contribution is 0.343. The van der Waals surface area contributed by atoms with Crippen molar-refractivity contribution in [3.05, 3.63) is 18.0 Å². The van der Waals surface area contributed by atoms with E-state index in [9.17, 15) is 0 Å². The van der Waals surface area contributed by atoms with E-state index in [1.54, 1.807) is 4.68 Å². The quantitative estimate of drug-likeness (QED) is 0.709. The van der Waals surface area contributed by atoms with E-state index >= 15 is 0 Å². The van der Waals surface area contributed by atoms with Crippen molar-refractivity contribution in [1.82, 2.24) is 15.1 Å². The summed E-state index contributed by atoms with van der Waals surface area (Å²) in [5.74, 6) is 0.909. The molecular weight excluding hydrogens is 186 g/mol. The molecule has 3 heteroatoms. The highest BCUT2D eigenvalue weighted by Crippen LogP contribution is 2.11. The molecule has 3 nitrogen and oxygen atoms in total. The molecule has 2 heterocycles. The zero-order valence-corrected chi connectivity index (χ0v) is 10.3. The molecular formula is C12H23N3. The van der Waals surface area contributed by atoms with Gasteiger partial charge in [0.1, 0.15) is 0 Å². The highest BCUT2D eigenvalue weighted by molar-refractivity contribution is 4.98. The number of nitrogens with zero attached hydrogens (tertiary/aromatic N) is 2. The Bertz CT molecular complexity index is 246. The minimum Gasteiger partial charge on any atom is -0.314 e. The molecule has 0 saturated carbocycles. The van der Waals surface area contributed by atoms with E-state index in [1.165, 1.54) is 24.9 Å². The molecule has 1 aliphatic heterocycles. The Morgan fingerprint density at radius 3 is 2.40 bits per heavy atom. The lowest BCUT2D eigenvalue weighted by Gasteiger charge is -2.24. The summed E-state index contributed by atoms with van der Waals surface area (Å²) in [7, 11) is 1.91. The minimum atomic E-state index is 0.770. The second-order valence-corrected chi connectivity index (χ2v) is 4.68. The second-order valence-electron chi connectivity index (χ2n) is 4.68. The molecule has 2 atom stereocenters. The predicted octanol–water partition coefficient (Wildman–Crippen LogP) is 2.12. The van der Waals surface area contributed by atoms with Crippen LogP contribution in [-0.2, 0) is 7.05 Å². The number of aromatic nitrogens is 2. The zero-order valence-electron chi connectivity index (χ0n) is 10.3. The molecule has 1 aromatic rings. The highest BCUT2D eigenvalue weighted by atomic mass is 15.2. The average Bonchev–Trinajstić information content (AvgIpc) is 2.56. The van der Waals surface area contributed by atoms with Crippen LogP contribution in [0.5, 0.6) is 0 Å². The summed E-state index contributed by atoms with van der Waals surface area (Å²) in [5.41, 5.74) is 1.21. The summed E-state index contributed by atoms with van der Waals surface area (Å²) in [6.07, 6.45) is 6.58. The van der Waals surface area contributed by atoms with Crippen LogP contribution in [0.15, 0.2) is 12.4 Å². The number of aryl methyl sites for hydroxylation is 2. The Morgan fingerprint density at radius 1 is 1.40 bits per heavy atom. The molecule has 1 saturated heterocycles. The van der Waals surface area contributed by atoms with Gasteiger partial charge in [-0.3, -0.25) is 4.68 Å². The van der Waals surface area contributed by atoms with E-state index in [-0.39, 0.29) is 0 Å². The number of hydrogen-bond donors (Lipinski definition) is 1. The number of hydrogen-bond acceptors (Lipinski definition) is 2. The van der Waals surface area contributed by atoms with Gasteiger partial charge < -0.3 is 5.32 Å². The lowest BCUT2D eigenvalue weighted by atomic mass is 9.98. The Morgan fingerprint density at radius 2 is 2.13 bits per heavy atom. The minimum absolute atomic E-state index is 0.770. The molecule has 2 rings (SSSR count). The fourth-order valence-electron chi connectivity index (χ4n) is 1.68. The first-order chi connectivity index (χ1) is 7.08. The predicted molar refractivity (Wildman–Crippen MR) is 63.8 cm³/mol. The van der Waals surface area contributed by atoms with Crippen molar-refractivity contribution < 1.29 is 0 Å². The highest BCUT2D eigenvalue weighted by Gasteiger charge is 2.11. The monoisotopic (exact) mass is 209 g/mol. The second kappa shape index (κ2) is 5.91. The normalized spacial score (nSPS) is 25.6. The maximum Gasteiger partial charge on any atom is 0.0518 e. The van der Waals surface area contributed by atoms with Crippen LogP contribution in [0.3, 0.4) is 0 Å². The standard InChI is InChI=1S/C7H15N.C5H8N2/c1-6-3-4-7(2)8-5-6;1-5-3-6-7(2)4-5/h6-8H,3-5H2,1-2H3;3-4H,1-2H3. The van der Waals surface area contributed by atoms with Gasteiger partial charge in [0.25, 0.3) is 0 Å². The number of piperidine rings is 1. The van der Waals surface area contributed by atoms with Gasteiger partial charge in [0.2, 0.25) is 0 Å². The molecule has 1 aromatic heterocycles. The van der Waals surface area contributed by atoms with Crippen LogP contribution in [0.4, 0.5) is 0 Å². The van der Waals surface area contributed by atoms with Crippen LogP contribution in [0, 0.1) is 12.8 Å². The van der Waals surface area contributed by atoms with Crippen molar-refractivity contribution in [1.29, 1.82) is 0 Å². The van der Waals surface area contributed by atoms with E-state index in [0.29, 0.717) is 0 Å². The summed E-state index contributed by atoms with van der Waals surface area (Å²) >= 11 is 0. The third-order valence-electron chi connectivity index (χ3n) is 2.74. The summed E-state index contributed by atoms with van der Waals surface area (Å²) in [6, 6.07) is 0.770. The van der Waals surface area contributed by atoms with Crippen molar-refractivity contribution in [2.75, 3.05) is 6.54 Å². The van der Waals surface area contributed by atoms with E-state index in [1.807, 2.05) is 26.4 Å². The molecule has 1 fully saturated rings. The van der Waals surface area contributed by atoms with Gasteiger partial charge in [0.15, 0.2) is 0 Å². The van der Waals surface area contributed by atoms with Crippen LogP contribution in [0.2, 0.25) is 0 Å². The maximum atomic E-state index is 3.93. The molecule has 1 aliphatic rings. The molecule has 86 valence electrons. The van der Waals surface area contributed by atoms with Crippen molar-refractivity contribution >= 4 is 0 Å². The lowest BCUT2D eigenvalue weighted by Crippen LogP contribution is -2.35. The molecule has 2 unspecified atom stereocenters. The van der Waals surface area contributed by atoms with Crippen molar-refractivity contribution in [3.8, 4) is 0 Å². The zero-order chi connectivity index (χ0) is 11.3. The van der Waals surface area contributed by atoms with Gasteiger partial charge in [-0.1, -0.05) is 6.92 Å². The van der Waals surface area contributed by atoms with E-state index in [0.717, 1.165) is 12.0 Å². The molecule has 0 spiro atoms. The van der Waals surface area contributed by atoms with Crippen LogP contribution in [0.1, 0.15) is 32.3 Å². The molecule has 15 heavy (non-hydrogen) atoms. The Kier molecular flexibility index (Phi) is 4.82. The first-order valence-electron chi connectivity index (χ1n) is 5.76. The maximum absolute atomic E-state index is 3.93. The van der Waals surface area contributed by atoms with Gasteiger partial charge in [-0.25, -0.2) is 0 Å². The fraction of sp³-hybridized carbons (Fsp3) is 0.750. The SMILES string of the molecule is CC1CCC(C)NC1.Cc1cnn(C)c1. The van der Waals surface area contributed by atoms with Gasteiger partial charge in [-0.05, 0) is 44.7 Å². The molecule has 0 amide bonds. The molecule has 0 aliphatic carbocycles. The molecule has 0 aromatic carbocycles. The van der Waals surface area contributed by atoms with E-state index in [4.69, 9.17) is 0 Å². The van der Waals surface area contributed by atoms with Gasteiger partial charge >= 0.3 is 0 Å². The summed E-state index contributed by atoms with van der Waals surface area (Å²) in [6.45, 7) is 7.80. The van der Waals surface area contributed by atoms with E-state index < -0.39 is 0 Å². The van der Waals surface area contributed by atoms with Crippen LogP contribution in [0.25, 0.3) is 0 Å². The van der Waals surface area contributed by atoms with Gasteiger partial charge in [-0.15, -0.1) is 0 Å². The smallest absolute Gasteiger partial charge is 0.0518 e. The Labute approximate surface area is 92.9 Å². The first kappa shape index (κ1) is 12.2. The topological polar surface area (TPSA) is 29.9 Å². The van der Waals surface area contributed by atoms with Crippen LogP contribution < -0.4 is 5.32 Å². The molecule has 0 bridgehead atoms. The number of nitrogens with one attached hydrogen (secondary N) is 1. The molecule has 0 radical (unpaired) electrons. The largest absolute Gasteiger partial charge is 0.314 e. The molecule has 1 N–H and O–H groups in total. The van der Waals surface area contributed by atoms with Gasteiger partial charge in [0, 0.05) is 19.3 Å². The fourth-order valence-corrected chi connectivity index (χ4v) is 1.68. The summed E-state index contributed by atoms with van der Waals surface area (Å²) < 4.78 is 1.79. The van der Waals surface area contributed by atoms with E-state index in [2.05, 4.69) is 24.3 Å². The number of rotatable bonds is 0. The average molecular weight is 209 g/mol. The summed E-state index contributed by atoms with van der Waals surface area (Å²) in [5, 5.41) is 7.36. The first-order valence-corrected chi connectivity index (χ1v) is 5.76. The van der Waals surface area contributed by atoms with Crippen LogP contribution >= 0.6 is 0 Å². The van der Waals surface area contributed by atoms with Crippen molar-refractivity contribution in [2.45, 2.75) is 39.7 Å². The van der Waals surface area contributed by atoms with Crippen molar-refractivity contribution in [3.63, 3.8) is 0 Å². The van der Waals surface area contributed by atoms with Gasteiger partial charge in [0.05, 0.1) is 6.20 Å². The Hall–Kier alpha value is -0.830.